The van der Waals surface area contributed by atoms with Crippen LogP contribution in [-0.4, -0.2) is 44.3 Å². The van der Waals surface area contributed by atoms with Crippen LogP contribution in [0.2, 0.25) is 0 Å². The monoisotopic (exact) mass is 270 g/mol. The summed E-state index contributed by atoms with van der Waals surface area (Å²) in [6, 6.07) is 3.61. The predicted molar refractivity (Wildman–Crippen MR) is 69.9 cm³/mol. The minimum atomic E-state index is -0.523. The summed E-state index contributed by atoms with van der Waals surface area (Å²) in [5, 5.41) is 3.20. The van der Waals surface area contributed by atoms with E-state index in [1.807, 2.05) is 0 Å². The number of halogens is 2. The highest BCUT2D eigenvalue weighted by molar-refractivity contribution is 5.17. The molecule has 1 aromatic rings. The fourth-order valence-electron chi connectivity index (χ4n) is 2.20. The molecule has 3 nitrogen and oxygen atoms in total. The van der Waals surface area contributed by atoms with Gasteiger partial charge in [0.15, 0.2) is 0 Å². The van der Waals surface area contributed by atoms with Crippen molar-refractivity contribution in [3.05, 3.63) is 35.4 Å². The maximum atomic E-state index is 13.0. The Balaban J connectivity index is 1.60. The minimum absolute atomic E-state index is 0.498. The van der Waals surface area contributed by atoms with E-state index in [4.69, 9.17) is 4.74 Å². The molecule has 1 aliphatic heterocycles. The molecule has 0 aliphatic carbocycles. The highest BCUT2D eigenvalue weighted by atomic mass is 19.1. The molecule has 1 saturated heterocycles. The molecule has 1 heterocycles. The first-order valence-corrected chi connectivity index (χ1v) is 6.70. The van der Waals surface area contributed by atoms with Gasteiger partial charge in [0.25, 0.3) is 0 Å². The number of hydrogen-bond acceptors (Lipinski definition) is 3. The fraction of sp³-hybridized carbons (Fsp3) is 0.571. The molecular weight excluding hydrogens is 250 g/mol. The normalized spacial score (nSPS) is 16.7. The van der Waals surface area contributed by atoms with Crippen LogP contribution < -0.4 is 5.32 Å². The lowest BCUT2D eigenvalue weighted by molar-refractivity contribution is 0.0374. The van der Waals surface area contributed by atoms with Crippen molar-refractivity contribution in [1.29, 1.82) is 0 Å². The van der Waals surface area contributed by atoms with E-state index >= 15 is 0 Å². The van der Waals surface area contributed by atoms with Gasteiger partial charge in [0, 0.05) is 25.7 Å². The molecule has 19 heavy (non-hydrogen) atoms. The summed E-state index contributed by atoms with van der Waals surface area (Å²) in [7, 11) is 0. The van der Waals surface area contributed by atoms with Gasteiger partial charge in [-0.25, -0.2) is 8.78 Å². The van der Waals surface area contributed by atoms with Crippen molar-refractivity contribution in [3.63, 3.8) is 0 Å². The number of rotatable bonds is 6. The van der Waals surface area contributed by atoms with Gasteiger partial charge in [-0.15, -0.1) is 0 Å². The Labute approximate surface area is 112 Å². The Kier molecular flexibility index (Phi) is 5.69. The maximum absolute atomic E-state index is 13.0. The lowest BCUT2D eigenvalue weighted by atomic mass is 10.2. The van der Waals surface area contributed by atoms with Gasteiger partial charge >= 0.3 is 0 Å². The SMILES string of the molecule is Fc1cc(F)cc(CNCCCN2CCOCC2)c1. The Morgan fingerprint density at radius 3 is 2.47 bits per heavy atom. The van der Waals surface area contributed by atoms with E-state index in [2.05, 4.69) is 10.2 Å². The van der Waals surface area contributed by atoms with Gasteiger partial charge in [0.1, 0.15) is 11.6 Å². The summed E-state index contributed by atoms with van der Waals surface area (Å²) in [6.07, 6.45) is 1.03. The number of hydrogen-bond donors (Lipinski definition) is 1. The lowest BCUT2D eigenvalue weighted by Gasteiger charge is -2.26. The minimum Gasteiger partial charge on any atom is -0.379 e. The lowest BCUT2D eigenvalue weighted by Crippen LogP contribution is -2.37. The van der Waals surface area contributed by atoms with E-state index in [1.165, 1.54) is 12.1 Å². The molecule has 0 spiro atoms. The van der Waals surface area contributed by atoms with Gasteiger partial charge in [-0.05, 0) is 37.2 Å². The molecule has 0 atom stereocenters. The van der Waals surface area contributed by atoms with E-state index in [0.717, 1.165) is 51.9 Å². The van der Waals surface area contributed by atoms with Crippen LogP contribution in [0.25, 0.3) is 0 Å². The summed E-state index contributed by atoms with van der Waals surface area (Å²) in [4.78, 5) is 2.37. The van der Waals surface area contributed by atoms with Gasteiger partial charge in [0.2, 0.25) is 0 Å². The predicted octanol–water partition coefficient (Wildman–Crippen LogP) is 1.78. The van der Waals surface area contributed by atoms with Crippen molar-refractivity contribution in [2.75, 3.05) is 39.4 Å². The van der Waals surface area contributed by atoms with Crippen molar-refractivity contribution in [2.24, 2.45) is 0 Å². The Morgan fingerprint density at radius 2 is 1.79 bits per heavy atom. The second-order valence-electron chi connectivity index (χ2n) is 4.76. The fourth-order valence-corrected chi connectivity index (χ4v) is 2.20. The van der Waals surface area contributed by atoms with Crippen LogP contribution in [0.3, 0.4) is 0 Å². The number of nitrogens with one attached hydrogen (secondary N) is 1. The van der Waals surface area contributed by atoms with Crippen molar-refractivity contribution in [3.8, 4) is 0 Å². The van der Waals surface area contributed by atoms with E-state index in [0.29, 0.717) is 12.1 Å². The number of morpholine rings is 1. The first kappa shape index (κ1) is 14.4. The summed E-state index contributed by atoms with van der Waals surface area (Å²) in [6.45, 7) is 6.00. The molecular formula is C14H20F2N2O. The zero-order valence-corrected chi connectivity index (χ0v) is 11.0. The van der Waals surface area contributed by atoms with Gasteiger partial charge in [-0.3, -0.25) is 4.90 Å². The summed E-state index contributed by atoms with van der Waals surface area (Å²) in [5.74, 6) is -1.05. The van der Waals surface area contributed by atoms with Gasteiger partial charge in [0.05, 0.1) is 13.2 Å². The number of nitrogens with zero attached hydrogens (tertiary/aromatic N) is 1. The Hall–Kier alpha value is -1.04. The molecule has 0 amide bonds. The molecule has 1 N–H and O–H groups in total. The maximum Gasteiger partial charge on any atom is 0.126 e. The Bertz CT molecular complexity index is 375. The largest absolute Gasteiger partial charge is 0.379 e. The van der Waals surface area contributed by atoms with Gasteiger partial charge in [-0.2, -0.15) is 0 Å². The second kappa shape index (κ2) is 7.53. The van der Waals surface area contributed by atoms with Crippen LogP contribution in [0.15, 0.2) is 18.2 Å². The third kappa shape index (κ3) is 5.22. The van der Waals surface area contributed by atoms with Crippen LogP contribution in [0.1, 0.15) is 12.0 Å². The summed E-state index contributed by atoms with van der Waals surface area (Å²) >= 11 is 0. The third-order valence-electron chi connectivity index (χ3n) is 3.18. The molecule has 0 unspecified atom stereocenters. The molecule has 1 aromatic carbocycles. The van der Waals surface area contributed by atoms with Crippen LogP contribution >= 0.6 is 0 Å². The third-order valence-corrected chi connectivity index (χ3v) is 3.18. The van der Waals surface area contributed by atoms with Crippen LogP contribution in [0, 0.1) is 11.6 Å². The molecule has 0 bridgehead atoms. The topological polar surface area (TPSA) is 24.5 Å². The van der Waals surface area contributed by atoms with Crippen molar-refractivity contribution in [1.82, 2.24) is 10.2 Å². The van der Waals surface area contributed by atoms with Crippen LogP contribution in [0.5, 0.6) is 0 Å². The average Bonchev–Trinajstić information content (AvgIpc) is 2.38. The molecule has 5 heteroatoms. The van der Waals surface area contributed by atoms with Crippen LogP contribution in [-0.2, 0) is 11.3 Å². The molecule has 2 rings (SSSR count). The first-order chi connectivity index (χ1) is 9.24. The number of ether oxygens (including phenoxy) is 1. The van der Waals surface area contributed by atoms with Crippen LogP contribution in [0.4, 0.5) is 8.78 Å². The highest BCUT2D eigenvalue weighted by Gasteiger charge is 2.08. The first-order valence-electron chi connectivity index (χ1n) is 6.70. The quantitative estimate of drug-likeness (QED) is 0.797. The Morgan fingerprint density at radius 1 is 1.11 bits per heavy atom. The smallest absolute Gasteiger partial charge is 0.126 e. The van der Waals surface area contributed by atoms with Gasteiger partial charge in [-0.1, -0.05) is 0 Å². The van der Waals surface area contributed by atoms with Crippen molar-refractivity contribution >= 4 is 0 Å². The highest BCUT2D eigenvalue weighted by Crippen LogP contribution is 2.07. The molecule has 0 aromatic heterocycles. The average molecular weight is 270 g/mol. The molecule has 0 radical (unpaired) electrons. The van der Waals surface area contributed by atoms with Crippen molar-refractivity contribution in [2.45, 2.75) is 13.0 Å². The molecule has 1 aliphatic rings. The molecule has 106 valence electrons. The standard InChI is InChI=1S/C14H20F2N2O/c15-13-8-12(9-14(16)10-13)11-17-2-1-3-18-4-6-19-7-5-18/h8-10,17H,1-7,11H2. The molecule has 0 saturated carbocycles. The van der Waals surface area contributed by atoms with E-state index in [9.17, 15) is 8.78 Å². The van der Waals surface area contributed by atoms with Gasteiger partial charge < -0.3 is 10.1 Å². The molecule has 1 fully saturated rings. The number of benzene rings is 1. The zero-order valence-electron chi connectivity index (χ0n) is 11.0. The summed E-state index contributed by atoms with van der Waals surface area (Å²) in [5.41, 5.74) is 0.642. The van der Waals surface area contributed by atoms with E-state index in [1.54, 1.807) is 0 Å². The zero-order chi connectivity index (χ0) is 13.5. The second-order valence-corrected chi connectivity index (χ2v) is 4.76. The summed E-state index contributed by atoms with van der Waals surface area (Å²) < 4.78 is 31.2. The van der Waals surface area contributed by atoms with Crippen molar-refractivity contribution < 1.29 is 13.5 Å². The van der Waals surface area contributed by atoms with E-state index < -0.39 is 11.6 Å². The van der Waals surface area contributed by atoms with E-state index in [-0.39, 0.29) is 0 Å².